The lowest BCUT2D eigenvalue weighted by Crippen LogP contribution is -2.38. The zero-order valence-corrected chi connectivity index (χ0v) is 12.5. The van der Waals surface area contributed by atoms with Crippen molar-refractivity contribution in [2.45, 2.75) is 39.0 Å². The maximum absolute atomic E-state index is 11.5. The Morgan fingerprint density at radius 3 is 2.68 bits per heavy atom. The molecule has 0 aromatic rings. The lowest BCUT2D eigenvalue weighted by atomic mass is 9.96. The molecule has 1 aliphatic heterocycles. The standard InChI is InChI=1S/C13H25N3O2.ClH/c1-2-4-12(17)16-10-13(18)15-8-6-11-5-3-7-14-9-11;/h11,14H,2-10H2,1H3,(H,15,18)(H,16,17);1H. The van der Waals surface area contributed by atoms with Crippen LogP contribution < -0.4 is 16.0 Å². The van der Waals surface area contributed by atoms with Crippen LogP contribution in [0.1, 0.15) is 39.0 Å². The molecule has 1 saturated heterocycles. The number of rotatable bonds is 7. The molecule has 0 radical (unpaired) electrons. The summed E-state index contributed by atoms with van der Waals surface area (Å²) < 4.78 is 0. The van der Waals surface area contributed by atoms with Crippen LogP contribution in [-0.4, -0.2) is 38.0 Å². The van der Waals surface area contributed by atoms with Crippen LogP contribution in [-0.2, 0) is 9.59 Å². The summed E-state index contributed by atoms with van der Waals surface area (Å²) in [5.41, 5.74) is 0. The van der Waals surface area contributed by atoms with Gasteiger partial charge in [0.15, 0.2) is 0 Å². The van der Waals surface area contributed by atoms with Crippen LogP contribution in [0.4, 0.5) is 0 Å². The Morgan fingerprint density at radius 2 is 2.05 bits per heavy atom. The van der Waals surface area contributed by atoms with Gasteiger partial charge in [0.25, 0.3) is 0 Å². The predicted octanol–water partition coefficient (Wildman–Crippen LogP) is 0.830. The van der Waals surface area contributed by atoms with Crippen molar-refractivity contribution in [1.29, 1.82) is 0 Å². The Bertz CT molecular complexity index is 269. The number of carbonyl (C=O) groups excluding carboxylic acids is 2. The highest BCUT2D eigenvalue weighted by atomic mass is 35.5. The summed E-state index contributed by atoms with van der Waals surface area (Å²) in [6.45, 7) is 4.92. The lowest BCUT2D eigenvalue weighted by Gasteiger charge is -2.22. The Balaban J connectivity index is 0.00000324. The van der Waals surface area contributed by atoms with E-state index >= 15 is 0 Å². The topological polar surface area (TPSA) is 70.2 Å². The van der Waals surface area contributed by atoms with Crippen molar-refractivity contribution in [2.24, 2.45) is 5.92 Å². The zero-order chi connectivity index (χ0) is 13.2. The zero-order valence-electron chi connectivity index (χ0n) is 11.7. The highest BCUT2D eigenvalue weighted by Crippen LogP contribution is 2.12. The molecule has 1 unspecified atom stereocenters. The summed E-state index contributed by atoms with van der Waals surface area (Å²) in [6.07, 6.45) is 4.78. The molecule has 2 amide bonds. The van der Waals surface area contributed by atoms with Gasteiger partial charge in [-0.25, -0.2) is 0 Å². The van der Waals surface area contributed by atoms with Gasteiger partial charge in [-0.3, -0.25) is 9.59 Å². The van der Waals surface area contributed by atoms with Gasteiger partial charge >= 0.3 is 0 Å². The predicted molar refractivity (Wildman–Crippen MR) is 78.4 cm³/mol. The average Bonchev–Trinajstić information content (AvgIpc) is 2.38. The Kier molecular flexibility index (Phi) is 10.6. The normalized spacial score (nSPS) is 18.3. The fourth-order valence-corrected chi connectivity index (χ4v) is 2.14. The molecule has 112 valence electrons. The molecule has 0 spiro atoms. The Morgan fingerprint density at radius 1 is 1.26 bits per heavy atom. The Hall–Kier alpha value is -0.810. The lowest BCUT2D eigenvalue weighted by molar-refractivity contribution is -0.126. The molecule has 1 atom stereocenters. The molecule has 0 bridgehead atoms. The number of piperidine rings is 1. The van der Waals surface area contributed by atoms with Crippen molar-refractivity contribution < 1.29 is 9.59 Å². The molecule has 0 aromatic heterocycles. The van der Waals surface area contributed by atoms with Crippen molar-refractivity contribution in [3.8, 4) is 0 Å². The number of hydrogen-bond donors (Lipinski definition) is 3. The molecule has 1 rings (SSSR count). The van der Waals surface area contributed by atoms with Gasteiger partial charge in [-0.05, 0) is 44.7 Å². The van der Waals surface area contributed by atoms with Crippen LogP contribution in [0.25, 0.3) is 0 Å². The van der Waals surface area contributed by atoms with Gasteiger partial charge in [0.2, 0.25) is 11.8 Å². The van der Waals surface area contributed by atoms with E-state index in [1.165, 1.54) is 12.8 Å². The second-order valence-corrected chi connectivity index (χ2v) is 4.88. The number of hydrogen-bond acceptors (Lipinski definition) is 3. The van der Waals surface area contributed by atoms with E-state index in [4.69, 9.17) is 0 Å². The van der Waals surface area contributed by atoms with Crippen LogP contribution in [0.3, 0.4) is 0 Å². The van der Waals surface area contributed by atoms with Gasteiger partial charge < -0.3 is 16.0 Å². The first-order chi connectivity index (χ1) is 8.72. The molecule has 1 heterocycles. The quantitative estimate of drug-likeness (QED) is 0.651. The van der Waals surface area contributed by atoms with Crippen LogP contribution in [0.15, 0.2) is 0 Å². The fourth-order valence-electron chi connectivity index (χ4n) is 2.14. The summed E-state index contributed by atoms with van der Waals surface area (Å²) in [5, 5.41) is 8.81. The van der Waals surface area contributed by atoms with Gasteiger partial charge in [-0.15, -0.1) is 12.4 Å². The molecule has 19 heavy (non-hydrogen) atoms. The van der Waals surface area contributed by atoms with Crippen LogP contribution in [0, 0.1) is 5.92 Å². The van der Waals surface area contributed by atoms with Crippen molar-refractivity contribution in [2.75, 3.05) is 26.2 Å². The first-order valence-electron chi connectivity index (χ1n) is 6.96. The summed E-state index contributed by atoms with van der Waals surface area (Å²) in [5.74, 6) is 0.529. The van der Waals surface area contributed by atoms with Gasteiger partial charge in [0, 0.05) is 13.0 Å². The maximum Gasteiger partial charge on any atom is 0.239 e. The third-order valence-electron chi connectivity index (χ3n) is 3.20. The third-order valence-corrected chi connectivity index (χ3v) is 3.20. The van der Waals surface area contributed by atoms with Crippen molar-refractivity contribution in [3.63, 3.8) is 0 Å². The summed E-state index contributed by atoms with van der Waals surface area (Å²) in [6, 6.07) is 0. The molecule has 1 fully saturated rings. The smallest absolute Gasteiger partial charge is 0.239 e. The van der Waals surface area contributed by atoms with E-state index < -0.39 is 0 Å². The SMILES string of the molecule is CCCC(=O)NCC(=O)NCCC1CCCNC1.Cl. The average molecular weight is 292 g/mol. The van der Waals surface area contributed by atoms with Gasteiger partial charge in [0.05, 0.1) is 6.54 Å². The molecule has 1 aliphatic rings. The van der Waals surface area contributed by atoms with E-state index in [0.29, 0.717) is 18.9 Å². The van der Waals surface area contributed by atoms with E-state index in [0.717, 1.165) is 25.9 Å². The minimum atomic E-state index is -0.0942. The number of carbonyl (C=O) groups is 2. The molecular weight excluding hydrogens is 266 g/mol. The first-order valence-corrected chi connectivity index (χ1v) is 6.96. The fraction of sp³-hybridized carbons (Fsp3) is 0.846. The Labute approximate surface area is 121 Å². The van der Waals surface area contributed by atoms with Crippen molar-refractivity contribution in [3.05, 3.63) is 0 Å². The van der Waals surface area contributed by atoms with E-state index in [9.17, 15) is 9.59 Å². The first kappa shape index (κ1) is 18.2. The third kappa shape index (κ3) is 8.83. The highest BCUT2D eigenvalue weighted by Gasteiger charge is 2.12. The summed E-state index contributed by atoms with van der Waals surface area (Å²) >= 11 is 0. The summed E-state index contributed by atoms with van der Waals surface area (Å²) in [4.78, 5) is 22.6. The van der Waals surface area contributed by atoms with Crippen LogP contribution in [0.5, 0.6) is 0 Å². The van der Waals surface area contributed by atoms with Crippen molar-refractivity contribution in [1.82, 2.24) is 16.0 Å². The van der Waals surface area contributed by atoms with Crippen LogP contribution in [0.2, 0.25) is 0 Å². The number of amides is 2. The molecule has 5 nitrogen and oxygen atoms in total. The molecule has 0 aromatic carbocycles. The van der Waals surface area contributed by atoms with E-state index in [1.54, 1.807) is 0 Å². The van der Waals surface area contributed by atoms with E-state index in [1.807, 2.05) is 6.92 Å². The van der Waals surface area contributed by atoms with Gasteiger partial charge in [-0.1, -0.05) is 6.92 Å². The monoisotopic (exact) mass is 291 g/mol. The molecule has 0 aliphatic carbocycles. The minimum Gasteiger partial charge on any atom is -0.355 e. The van der Waals surface area contributed by atoms with E-state index in [2.05, 4.69) is 16.0 Å². The van der Waals surface area contributed by atoms with Crippen molar-refractivity contribution >= 4 is 24.2 Å². The molecular formula is C13H26ClN3O2. The maximum atomic E-state index is 11.5. The molecule has 0 saturated carbocycles. The summed E-state index contributed by atoms with van der Waals surface area (Å²) in [7, 11) is 0. The molecule has 6 heteroatoms. The van der Waals surface area contributed by atoms with Crippen LogP contribution >= 0.6 is 12.4 Å². The molecule has 3 N–H and O–H groups in total. The number of nitrogens with one attached hydrogen (secondary N) is 3. The minimum absolute atomic E-state index is 0. The second kappa shape index (κ2) is 11.1. The second-order valence-electron chi connectivity index (χ2n) is 4.88. The van der Waals surface area contributed by atoms with E-state index in [-0.39, 0.29) is 30.8 Å². The van der Waals surface area contributed by atoms with Gasteiger partial charge in [0.1, 0.15) is 0 Å². The largest absolute Gasteiger partial charge is 0.355 e. The number of halogens is 1. The van der Waals surface area contributed by atoms with Gasteiger partial charge in [-0.2, -0.15) is 0 Å². The highest BCUT2D eigenvalue weighted by molar-refractivity contribution is 5.85.